The van der Waals surface area contributed by atoms with Crippen LogP contribution in [-0.2, 0) is 11.3 Å². The van der Waals surface area contributed by atoms with E-state index in [-0.39, 0.29) is 6.54 Å². The number of benzene rings is 1. The fraction of sp³-hybridized carbons (Fsp3) is 0.619. The topological polar surface area (TPSA) is 84.0 Å². The Kier molecular flexibility index (Phi) is 6.44. The molecule has 2 aliphatic heterocycles. The minimum absolute atomic E-state index is 0.174. The second-order valence-electron chi connectivity index (χ2n) is 8.11. The predicted octanol–water partition coefficient (Wildman–Crippen LogP) is 1.05. The van der Waals surface area contributed by atoms with E-state index >= 15 is 0 Å². The monoisotopic (exact) mass is 402 g/mol. The van der Waals surface area contributed by atoms with E-state index in [0.29, 0.717) is 24.5 Å². The summed E-state index contributed by atoms with van der Waals surface area (Å²) in [5, 5.41) is 14.5. The molecule has 29 heavy (non-hydrogen) atoms. The maximum absolute atomic E-state index is 12.1. The molecular weight excluding hydrogens is 372 g/mol. The number of aromatic nitrogens is 2. The molecule has 2 aromatic rings. The SMILES string of the molecule is CC1CN(C2CCN(CC(O)Cn3c(-c4ccccc4)noc3=O)CC2)CCO1. The Morgan fingerprint density at radius 1 is 1.17 bits per heavy atom. The summed E-state index contributed by atoms with van der Waals surface area (Å²) < 4.78 is 11.9. The molecule has 158 valence electrons. The number of ether oxygens (including phenoxy) is 1. The molecule has 1 aromatic heterocycles. The van der Waals surface area contributed by atoms with Gasteiger partial charge >= 0.3 is 5.76 Å². The number of likely N-dealkylation sites (tertiary alicyclic amines) is 1. The molecule has 0 bridgehead atoms. The van der Waals surface area contributed by atoms with E-state index in [2.05, 4.69) is 21.9 Å². The van der Waals surface area contributed by atoms with Crippen molar-refractivity contribution in [3.05, 3.63) is 40.9 Å². The van der Waals surface area contributed by atoms with Crippen molar-refractivity contribution in [3.63, 3.8) is 0 Å². The summed E-state index contributed by atoms with van der Waals surface area (Å²) in [6.07, 6.45) is 1.85. The Bertz CT molecular complexity index is 829. The average molecular weight is 402 g/mol. The number of aliphatic hydroxyl groups is 1. The number of aliphatic hydroxyl groups excluding tert-OH is 1. The summed E-state index contributed by atoms with van der Waals surface area (Å²) in [4.78, 5) is 16.9. The first-order valence-corrected chi connectivity index (χ1v) is 10.5. The van der Waals surface area contributed by atoms with Crippen LogP contribution in [0, 0.1) is 0 Å². The van der Waals surface area contributed by atoms with E-state index in [4.69, 9.17) is 9.26 Å². The van der Waals surface area contributed by atoms with Crippen LogP contribution in [-0.4, -0.2) is 82.2 Å². The first kappa shape index (κ1) is 20.3. The molecule has 8 heteroatoms. The van der Waals surface area contributed by atoms with E-state index in [9.17, 15) is 9.90 Å². The number of hydrogen-bond acceptors (Lipinski definition) is 7. The summed E-state index contributed by atoms with van der Waals surface area (Å²) in [6, 6.07) is 10.0. The smallest absolute Gasteiger partial charge is 0.390 e. The van der Waals surface area contributed by atoms with Gasteiger partial charge in [-0.15, -0.1) is 0 Å². The second-order valence-corrected chi connectivity index (χ2v) is 8.11. The van der Waals surface area contributed by atoms with Gasteiger partial charge in [-0.3, -0.25) is 14.0 Å². The summed E-state index contributed by atoms with van der Waals surface area (Å²) >= 11 is 0. The third kappa shape index (κ3) is 4.95. The van der Waals surface area contributed by atoms with E-state index in [1.165, 1.54) is 4.57 Å². The fourth-order valence-electron chi connectivity index (χ4n) is 4.43. The van der Waals surface area contributed by atoms with Crippen LogP contribution in [0.3, 0.4) is 0 Å². The van der Waals surface area contributed by atoms with Crippen molar-refractivity contribution in [1.29, 1.82) is 0 Å². The van der Waals surface area contributed by atoms with Crippen LogP contribution in [0.4, 0.5) is 0 Å². The molecule has 0 amide bonds. The van der Waals surface area contributed by atoms with Crippen LogP contribution < -0.4 is 5.76 Å². The molecule has 0 spiro atoms. The highest BCUT2D eigenvalue weighted by Crippen LogP contribution is 2.20. The molecule has 1 N–H and O–H groups in total. The van der Waals surface area contributed by atoms with Gasteiger partial charge in [0.2, 0.25) is 0 Å². The zero-order valence-corrected chi connectivity index (χ0v) is 16.9. The highest BCUT2D eigenvalue weighted by Gasteiger charge is 2.28. The van der Waals surface area contributed by atoms with Gasteiger partial charge in [0.1, 0.15) is 0 Å². The summed E-state index contributed by atoms with van der Waals surface area (Å²) in [6.45, 7) is 7.59. The molecule has 2 fully saturated rings. The van der Waals surface area contributed by atoms with Crippen LogP contribution in [0.5, 0.6) is 0 Å². The first-order valence-electron chi connectivity index (χ1n) is 10.5. The molecule has 3 heterocycles. The highest BCUT2D eigenvalue weighted by atomic mass is 16.5. The molecule has 2 saturated heterocycles. The van der Waals surface area contributed by atoms with E-state index < -0.39 is 11.9 Å². The van der Waals surface area contributed by atoms with Crippen molar-refractivity contribution in [3.8, 4) is 11.4 Å². The summed E-state index contributed by atoms with van der Waals surface area (Å²) in [7, 11) is 0. The third-order valence-electron chi connectivity index (χ3n) is 5.93. The van der Waals surface area contributed by atoms with Gasteiger partial charge in [-0.25, -0.2) is 4.79 Å². The normalized spacial score (nSPS) is 23.3. The van der Waals surface area contributed by atoms with Gasteiger partial charge in [-0.1, -0.05) is 35.5 Å². The lowest BCUT2D eigenvalue weighted by Crippen LogP contribution is -2.51. The Hall–Kier alpha value is -2.00. The molecular formula is C21H30N4O4. The van der Waals surface area contributed by atoms with Gasteiger partial charge < -0.3 is 14.7 Å². The summed E-state index contributed by atoms with van der Waals surface area (Å²) in [5.74, 6) is -0.0853. The molecule has 2 aliphatic rings. The van der Waals surface area contributed by atoms with Gasteiger partial charge in [0.15, 0.2) is 5.82 Å². The summed E-state index contributed by atoms with van der Waals surface area (Å²) in [5.41, 5.74) is 0.797. The van der Waals surface area contributed by atoms with Gasteiger partial charge in [0.05, 0.1) is 25.4 Å². The Labute approximate surface area is 170 Å². The van der Waals surface area contributed by atoms with Crippen LogP contribution in [0.25, 0.3) is 11.4 Å². The van der Waals surface area contributed by atoms with Gasteiger partial charge in [-0.2, -0.15) is 0 Å². The van der Waals surface area contributed by atoms with Crippen molar-refractivity contribution in [2.24, 2.45) is 0 Å². The second kappa shape index (κ2) is 9.21. The minimum atomic E-state index is -0.658. The molecule has 0 saturated carbocycles. The lowest BCUT2D eigenvalue weighted by Gasteiger charge is -2.42. The molecule has 2 atom stereocenters. The van der Waals surface area contributed by atoms with Crippen LogP contribution in [0.2, 0.25) is 0 Å². The van der Waals surface area contributed by atoms with Crippen LogP contribution >= 0.6 is 0 Å². The van der Waals surface area contributed by atoms with Crippen molar-refractivity contribution in [1.82, 2.24) is 19.5 Å². The quantitative estimate of drug-likeness (QED) is 0.773. The van der Waals surface area contributed by atoms with Crippen molar-refractivity contribution in [2.45, 2.75) is 44.6 Å². The third-order valence-corrected chi connectivity index (χ3v) is 5.93. The lowest BCUT2D eigenvalue weighted by atomic mass is 10.0. The molecule has 8 nitrogen and oxygen atoms in total. The first-order chi connectivity index (χ1) is 14.1. The van der Waals surface area contributed by atoms with Crippen molar-refractivity contribution in [2.75, 3.05) is 39.3 Å². The number of nitrogens with zero attached hydrogens (tertiary/aromatic N) is 4. The maximum Gasteiger partial charge on any atom is 0.441 e. The minimum Gasteiger partial charge on any atom is -0.390 e. The fourth-order valence-corrected chi connectivity index (χ4v) is 4.43. The van der Waals surface area contributed by atoms with Gasteiger partial charge in [-0.05, 0) is 32.9 Å². The van der Waals surface area contributed by atoms with E-state index in [0.717, 1.165) is 51.2 Å². The maximum atomic E-state index is 12.1. The number of rotatable bonds is 6. The number of piperidine rings is 1. The highest BCUT2D eigenvalue weighted by molar-refractivity contribution is 5.54. The number of morpholine rings is 1. The lowest BCUT2D eigenvalue weighted by molar-refractivity contribution is -0.0451. The van der Waals surface area contributed by atoms with Gasteiger partial charge in [0, 0.05) is 31.2 Å². The van der Waals surface area contributed by atoms with Gasteiger partial charge in [0.25, 0.3) is 0 Å². The Balaban J connectivity index is 1.31. The Morgan fingerprint density at radius 2 is 1.93 bits per heavy atom. The van der Waals surface area contributed by atoms with Crippen LogP contribution in [0.15, 0.2) is 39.6 Å². The van der Waals surface area contributed by atoms with Crippen molar-refractivity contribution >= 4 is 0 Å². The zero-order chi connectivity index (χ0) is 20.2. The zero-order valence-electron chi connectivity index (χ0n) is 16.9. The van der Waals surface area contributed by atoms with Crippen molar-refractivity contribution < 1.29 is 14.4 Å². The standard InChI is InChI=1S/C21H30N4O4/c1-16-13-24(11-12-28-16)18-7-9-23(10-8-18)14-19(26)15-25-20(22-29-21(25)27)17-5-3-2-4-6-17/h2-6,16,18-19,26H,7-15H2,1H3. The molecule has 1 aromatic carbocycles. The molecule has 4 rings (SSSR count). The van der Waals surface area contributed by atoms with E-state index in [1.54, 1.807) is 0 Å². The largest absolute Gasteiger partial charge is 0.441 e. The Morgan fingerprint density at radius 3 is 2.66 bits per heavy atom. The van der Waals surface area contributed by atoms with E-state index in [1.807, 2.05) is 30.3 Å². The number of β-amino-alcohol motifs (C(OH)–C–C–N with tert-alkyl or cyclic N) is 1. The molecule has 2 unspecified atom stereocenters. The predicted molar refractivity (Wildman–Crippen MR) is 109 cm³/mol. The average Bonchev–Trinajstić information content (AvgIpc) is 3.09. The molecule has 0 aliphatic carbocycles. The van der Waals surface area contributed by atoms with Crippen LogP contribution in [0.1, 0.15) is 19.8 Å². The molecule has 0 radical (unpaired) electrons. The number of hydrogen-bond donors (Lipinski definition) is 1.